The van der Waals surface area contributed by atoms with E-state index in [2.05, 4.69) is 10.1 Å². The van der Waals surface area contributed by atoms with Crippen molar-refractivity contribution in [2.75, 3.05) is 18.6 Å². The summed E-state index contributed by atoms with van der Waals surface area (Å²) in [5.74, 6) is 1.27. The van der Waals surface area contributed by atoms with Crippen molar-refractivity contribution in [3.05, 3.63) is 66.1 Å². The van der Waals surface area contributed by atoms with Gasteiger partial charge in [-0.25, -0.2) is 4.39 Å². The lowest BCUT2D eigenvalue weighted by Gasteiger charge is -2.16. The molecule has 1 atom stereocenters. The minimum atomic E-state index is -0.380. The summed E-state index contributed by atoms with van der Waals surface area (Å²) in [5.41, 5.74) is 0.794. The lowest BCUT2D eigenvalue weighted by molar-refractivity contribution is -0.117. The summed E-state index contributed by atoms with van der Waals surface area (Å²) in [6, 6.07) is 13.1. The van der Waals surface area contributed by atoms with Crippen molar-refractivity contribution in [2.24, 2.45) is 0 Å². The van der Waals surface area contributed by atoms with E-state index in [0.29, 0.717) is 30.4 Å². The highest BCUT2D eigenvalue weighted by molar-refractivity contribution is 5.96. The highest BCUT2D eigenvalue weighted by Crippen LogP contribution is 2.31. The molecule has 7 nitrogen and oxygen atoms in total. The van der Waals surface area contributed by atoms with Crippen LogP contribution < -0.4 is 14.4 Å². The standard InChI is InChI=1S/C20H18FN3O4/c1-26-16-7-5-15(6-8-16)24-11-13(9-19(24)25)20-22-18(23-28-20)12-27-17-4-2-3-14(21)10-17/h2-8,10,13H,9,11-12H2,1H3. The van der Waals surface area contributed by atoms with E-state index in [9.17, 15) is 9.18 Å². The molecule has 144 valence electrons. The number of amides is 1. The third-order valence-electron chi connectivity index (χ3n) is 4.51. The second kappa shape index (κ2) is 7.67. The molecule has 0 saturated carbocycles. The number of rotatable bonds is 6. The Hall–Kier alpha value is -3.42. The SMILES string of the molecule is COc1ccc(N2CC(c3nc(COc4cccc(F)c4)no3)CC2=O)cc1. The van der Waals surface area contributed by atoms with Crippen molar-refractivity contribution in [3.63, 3.8) is 0 Å². The largest absolute Gasteiger partial charge is 0.497 e. The van der Waals surface area contributed by atoms with Gasteiger partial charge >= 0.3 is 0 Å². The Morgan fingerprint density at radius 2 is 2.04 bits per heavy atom. The van der Waals surface area contributed by atoms with E-state index in [0.717, 1.165) is 11.4 Å². The van der Waals surface area contributed by atoms with Gasteiger partial charge in [-0.1, -0.05) is 11.2 Å². The Balaban J connectivity index is 1.40. The summed E-state index contributed by atoms with van der Waals surface area (Å²) in [6.07, 6.45) is 0.290. The van der Waals surface area contributed by atoms with E-state index < -0.39 is 0 Å². The molecule has 3 aromatic rings. The summed E-state index contributed by atoms with van der Waals surface area (Å²) in [4.78, 5) is 18.4. The molecule has 0 spiro atoms. The number of hydrogen-bond acceptors (Lipinski definition) is 6. The number of aromatic nitrogens is 2. The van der Waals surface area contributed by atoms with Crippen LogP contribution in [0, 0.1) is 5.82 Å². The van der Waals surface area contributed by atoms with Crippen molar-refractivity contribution in [1.29, 1.82) is 0 Å². The van der Waals surface area contributed by atoms with Gasteiger partial charge in [0.25, 0.3) is 0 Å². The van der Waals surface area contributed by atoms with Crippen molar-refractivity contribution in [3.8, 4) is 11.5 Å². The fourth-order valence-electron chi connectivity index (χ4n) is 3.08. The Bertz CT molecular complexity index is 974. The number of halogens is 1. The van der Waals surface area contributed by atoms with Gasteiger partial charge < -0.3 is 18.9 Å². The quantitative estimate of drug-likeness (QED) is 0.650. The molecular formula is C20H18FN3O4. The first-order valence-electron chi connectivity index (χ1n) is 8.77. The van der Waals surface area contributed by atoms with E-state index in [1.54, 1.807) is 24.1 Å². The Labute approximate surface area is 160 Å². The van der Waals surface area contributed by atoms with Crippen LogP contribution in [0.5, 0.6) is 11.5 Å². The van der Waals surface area contributed by atoms with Crippen molar-refractivity contribution >= 4 is 11.6 Å². The third kappa shape index (κ3) is 3.80. The lowest BCUT2D eigenvalue weighted by Crippen LogP contribution is -2.24. The number of benzene rings is 2. The average Bonchev–Trinajstić information content (AvgIpc) is 3.33. The summed E-state index contributed by atoms with van der Waals surface area (Å²) >= 11 is 0. The average molecular weight is 383 g/mol. The van der Waals surface area contributed by atoms with Gasteiger partial charge in [0.05, 0.1) is 13.0 Å². The van der Waals surface area contributed by atoms with Crippen molar-refractivity contribution in [1.82, 2.24) is 10.1 Å². The Morgan fingerprint density at radius 1 is 1.21 bits per heavy atom. The van der Waals surface area contributed by atoms with Gasteiger partial charge in [0.2, 0.25) is 17.6 Å². The van der Waals surface area contributed by atoms with Crippen LogP contribution in [-0.4, -0.2) is 29.7 Å². The Kier molecular flexibility index (Phi) is 4.92. The first kappa shape index (κ1) is 18.0. The predicted molar refractivity (Wildman–Crippen MR) is 97.7 cm³/mol. The van der Waals surface area contributed by atoms with Crippen LogP contribution in [0.1, 0.15) is 24.1 Å². The molecule has 2 aromatic carbocycles. The summed E-state index contributed by atoms with van der Waals surface area (Å²) in [6.45, 7) is 0.507. The second-order valence-electron chi connectivity index (χ2n) is 6.40. The fraction of sp³-hybridized carbons (Fsp3) is 0.250. The first-order valence-corrected chi connectivity index (χ1v) is 8.77. The number of carbonyl (C=O) groups excluding carboxylic acids is 1. The second-order valence-corrected chi connectivity index (χ2v) is 6.40. The molecule has 1 saturated heterocycles. The highest BCUT2D eigenvalue weighted by atomic mass is 19.1. The van der Waals surface area contributed by atoms with E-state index in [1.807, 2.05) is 24.3 Å². The highest BCUT2D eigenvalue weighted by Gasteiger charge is 2.35. The van der Waals surface area contributed by atoms with Gasteiger partial charge in [-0.2, -0.15) is 4.98 Å². The molecule has 0 N–H and O–H groups in total. The van der Waals surface area contributed by atoms with Crippen LogP contribution >= 0.6 is 0 Å². The van der Waals surface area contributed by atoms with Gasteiger partial charge in [-0.05, 0) is 36.4 Å². The molecule has 1 fully saturated rings. The maximum absolute atomic E-state index is 13.2. The minimum Gasteiger partial charge on any atom is -0.497 e. The number of nitrogens with zero attached hydrogens (tertiary/aromatic N) is 3. The van der Waals surface area contributed by atoms with Gasteiger partial charge in [-0.15, -0.1) is 0 Å². The molecule has 1 amide bonds. The molecule has 1 aromatic heterocycles. The van der Waals surface area contributed by atoms with Crippen molar-refractivity contribution < 1.29 is 23.2 Å². The summed E-state index contributed by atoms with van der Waals surface area (Å²) in [5, 5.41) is 3.89. The smallest absolute Gasteiger partial charge is 0.232 e. The van der Waals surface area contributed by atoms with Gasteiger partial charge in [0.15, 0.2) is 6.61 Å². The van der Waals surface area contributed by atoms with Crippen molar-refractivity contribution in [2.45, 2.75) is 18.9 Å². The molecule has 1 aliphatic rings. The van der Waals surface area contributed by atoms with Crippen LogP contribution in [-0.2, 0) is 11.4 Å². The van der Waals surface area contributed by atoms with Crippen LogP contribution in [0.2, 0.25) is 0 Å². The zero-order valence-electron chi connectivity index (χ0n) is 15.2. The van der Waals surface area contributed by atoms with E-state index in [-0.39, 0.29) is 24.2 Å². The van der Waals surface area contributed by atoms with E-state index in [1.165, 1.54) is 12.1 Å². The molecule has 0 bridgehead atoms. The molecule has 1 aliphatic heterocycles. The molecular weight excluding hydrogens is 365 g/mol. The van der Waals surface area contributed by atoms with Crippen LogP contribution in [0.15, 0.2) is 53.1 Å². The number of ether oxygens (including phenoxy) is 2. The van der Waals surface area contributed by atoms with E-state index >= 15 is 0 Å². The minimum absolute atomic E-state index is 0.00840. The molecule has 0 radical (unpaired) electrons. The number of anilines is 1. The zero-order valence-corrected chi connectivity index (χ0v) is 15.2. The predicted octanol–water partition coefficient (Wildman–Crippen LogP) is 3.32. The molecule has 28 heavy (non-hydrogen) atoms. The monoisotopic (exact) mass is 383 g/mol. The lowest BCUT2D eigenvalue weighted by atomic mass is 10.1. The molecule has 4 rings (SSSR count). The van der Waals surface area contributed by atoms with E-state index in [4.69, 9.17) is 14.0 Å². The van der Waals surface area contributed by atoms with Crippen LogP contribution in [0.3, 0.4) is 0 Å². The van der Waals surface area contributed by atoms with Gasteiger partial charge in [0.1, 0.15) is 17.3 Å². The van der Waals surface area contributed by atoms with Gasteiger partial charge in [0, 0.05) is 24.7 Å². The van der Waals surface area contributed by atoms with Crippen LogP contribution in [0.4, 0.5) is 10.1 Å². The fourth-order valence-corrected chi connectivity index (χ4v) is 3.08. The first-order chi connectivity index (χ1) is 13.6. The number of carbonyl (C=O) groups is 1. The molecule has 2 heterocycles. The third-order valence-corrected chi connectivity index (χ3v) is 4.51. The summed E-state index contributed by atoms with van der Waals surface area (Å²) in [7, 11) is 1.59. The maximum Gasteiger partial charge on any atom is 0.232 e. The number of methoxy groups -OCH3 is 1. The van der Waals surface area contributed by atoms with Crippen LogP contribution in [0.25, 0.3) is 0 Å². The zero-order chi connectivity index (χ0) is 19.5. The normalized spacial score (nSPS) is 16.4. The number of hydrogen-bond donors (Lipinski definition) is 0. The summed E-state index contributed by atoms with van der Waals surface area (Å²) < 4.78 is 29.1. The van der Waals surface area contributed by atoms with Gasteiger partial charge in [-0.3, -0.25) is 4.79 Å². The maximum atomic E-state index is 13.2. The molecule has 8 heteroatoms. The Morgan fingerprint density at radius 3 is 2.79 bits per heavy atom. The molecule has 1 unspecified atom stereocenters. The topological polar surface area (TPSA) is 77.7 Å². The molecule has 0 aliphatic carbocycles.